The summed E-state index contributed by atoms with van der Waals surface area (Å²) < 4.78 is 0. The van der Waals surface area contributed by atoms with Gasteiger partial charge in [-0.15, -0.1) is 6.58 Å². The second-order valence-electron chi connectivity index (χ2n) is 3.82. The van der Waals surface area contributed by atoms with Crippen molar-refractivity contribution in [2.45, 2.75) is 26.2 Å². The number of hydrogen-bond acceptors (Lipinski definition) is 7. The molecule has 1 rings (SSSR count). The molecule has 100 valence electrons. The van der Waals surface area contributed by atoms with Crippen molar-refractivity contribution >= 4 is 17.8 Å². The van der Waals surface area contributed by atoms with E-state index in [4.69, 9.17) is 5.73 Å². The molecule has 4 N–H and O–H groups in total. The third kappa shape index (κ3) is 4.54. The number of hydroxylamine groups is 1. The minimum atomic E-state index is 0.0705. The van der Waals surface area contributed by atoms with Crippen molar-refractivity contribution in [3.8, 4) is 0 Å². The summed E-state index contributed by atoms with van der Waals surface area (Å²) >= 11 is 0. The Morgan fingerprint density at radius 2 is 2.17 bits per heavy atom. The smallest absolute Gasteiger partial charge is 0.256 e. The van der Waals surface area contributed by atoms with Crippen LogP contribution in [-0.2, 0) is 0 Å². The number of rotatable bonds is 8. The Hall–Kier alpha value is -1.89. The molecule has 0 aliphatic carbocycles. The maximum atomic E-state index is 9.61. The normalized spacial score (nSPS) is 10.1. The lowest BCUT2D eigenvalue weighted by Gasteiger charge is -2.13. The monoisotopic (exact) mass is 252 g/mol. The Kier molecular flexibility index (Phi) is 5.86. The fraction of sp³-hybridized carbons (Fsp3) is 0.545. The summed E-state index contributed by atoms with van der Waals surface area (Å²) in [6.45, 7) is 6.65. The Bertz CT molecular complexity index is 384. The molecule has 1 aromatic heterocycles. The van der Waals surface area contributed by atoms with Gasteiger partial charge in [-0.3, -0.25) is 5.21 Å². The minimum absolute atomic E-state index is 0.0705. The second kappa shape index (κ2) is 7.44. The molecule has 0 saturated carbocycles. The molecule has 1 aromatic rings. The zero-order valence-corrected chi connectivity index (χ0v) is 10.6. The predicted octanol–water partition coefficient (Wildman–Crippen LogP) is 1.44. The number of nitrogens with two attached hydrogens (primary N) is 1. The topological polar surface area (TPSA) is 100 Å². The lowest BCUT2D eigenvalue weighted by Crippen LogP contribution is -2.22. The molecule has 0 bridgehead atoms. The highest BCUT2D eigenvalue weighted by Crippen LogP contribution is 2.10. The molecule has 0 aliphatic rings. The van der Waals surface area contributed by atoms with E-state index in [9.17, 15) is 5.21 Å². The number of nitrogens with zero attached hydrogens (tertiary/aromatic N) is 4. The Labute approximate surface area is 107 Å². The number of hydrogen-bond donors (Lipinski definition) is 3. The number of nitrogen functional groups attached to an aromatic ring is 1. The SMILES string of the molecule is C=CCN(O)c1nc(N)nc(NCCCCC)n1. The Balaban J connectivity index is 2.65. The van der Waals surface area contributed by atoms with E-state index < -0.39 is 0 Å². The lowest BCUT2D eigenvalue weighted by molar-refractivity contribution is 0.259. The summed E-state index contributed by atoms with van der Waals surface area (Å²) in [4.78, 5) is 11.9. The van der Waals surface area contributed by atoms with Crippen LogP contribution < -0.4 is 16.1 Å². The second-order valence-corrected chi connectivity index (χ2v) is 3.82. The standard InChI is InChI=1S/C11H20N6O/c1-3-5-6-7-13-10-14-9(12)15-11(16-10)17(18)8-4-2/h4,18H,2-3,5-8H2,1H3,(H3,12,13,14,15,16). The van der Waals surface area contributed by atoms with Crippen molar-refractivity contribution < 1.29 is 5.21 Å². The zero-order valence-electron chi connectivity index (χ0n) is 10.6. The van der Waals surface area contributed by atoms with Crippen molar-refractivity contribution in [1.82, 2.24) is 15.0 Å². The first-order valence-electron chi connectivity index (χ1n) is 6.00. The summed E-state index contributed by atoms with van der Waals surface area (Å²) in [5.41, 5.74) is 5.56. The van der Waals surface area contributed by atoms with E-state index in [2.05, 4.69) is 33.8 Å². The highest BCUT2D eigenvalue weighted by Gasteiger charge is 2.08. The molecule has 18 heavy (non-hydrogen) atoms. The average molecular weight is 252 g/mol. The maximum absolute atomic E-state index is 9.61. The lowest BCUT2D eigenvalue weighted by atomic mass is 10.2. The fourth-order valence-corrected chi connectivity index (χ4v) is 1.35. The average Bonchev–Trinajstić information content (AvgIpc) is 2.34. The van der Waals surface area contributed by atoms with Gasteiger partial charge < -0.3 is 11.1 Å². The Morgan fingerprint density at radius 1 is 1.39 bits per heavy atom. The molecule has 0 aliphatic heterocycles. The van der Waals surface area contributed by atoms with Crippen LogP contribution in [0.3, 0.4) is 0 Å². The van der Waals surface area contributed by atoms with Crippen LogP contribution in [-0.4, -0.2) is 33.2 Å². The third-order valence-electron chi connectivity index (χ3n) is 2.24. The third-order valence-corrected chi connectivity index (χ3v) is 2.24. The summed E-state index contributed by atoms with van der Waals surface area (Å²) in [7, 11) is 0. The number of unbranched alkanes of at least 4 members (excludes halogenated alkanes) is 2. The van der Waals surface area contributed by atoms with Crippen LogP contribution in [0.15, 0.2) is 12.7 Å². The first-order valence-corrected chi connectivity index (χ1v) is 6.00. The van der Waals surface area contributed by atoms with Gasteiger partial charge in [-0.2, -0.15) is 15.0 Å². The predicted molar refractivity (Wildman–Crippen MR) is 71.6 cm³/mol. The molecule has 0 atom stereocenters. The van der Waals surface area contributed by atoms with Crippen molar-refractivity contribution in [2.24, 2.45) is 0 Å². The largest absolute Gasteiger partial charge is 0.368 e. The van der Waals surface area contributed by atoms with Gasteiger partial charge in [0.05, 0.1) is 6.54 Å². The maximum Gasteiger partial charge on any atom is 0.256 e. The number of nitrogens with one attached hydrogen (secondary N) is 1. The first-order chi connectivity index (χ1) is 8.67. The van der Waals surface area contributed by atoms with Crippen LogP contribution in [0.5, 0.6) is 0 Å². The van der Waals surface area contributed by atoms with Gasteiger partial charge in [0.2, 0.25) is 11.9 Å². The molecule has 0 aromatic carbocycles. The van der Waals surface area contributed by atoms with Crippen molar-refractivity contribution in [1.29, 1.82) is 0 Å². The summed E-state index contributed by atoms with van der Waals surface area (Å²) in [6, 6.07) is 0. The van der Waals surface area contributed by atoms with Gasteiger partial charge in [0.25, 0.3) is 5.95 Å². The summed E-state index contributed by atoms with van der Waals surface area (Å²) in [6.07, 6.45) is 4.86. The van der Waals surface area contributed by atoms with E-state index in [1.54, 1.807) is 0 Å². The molecule has 0 radical (unpaired) electrons. The summed E-state index contributed by atoms with van der Waals surface area (Å²) in [5, 5.41) is 13.5. The first kappa shape index (κ1) is 14.2. The molecule has 0 fully saturated rings. The number of aromatic nitrogens is 3. The fourth-order valence-electron chi connectivity index (χ4n) is 1.35. The molecule has 0 unspecified atom stereocenters. The van der Waals surface area contributed by atoms with E-state index in [1.165, 1.54) is 6.08 Å². The van der Waals surface area contributed by atoms with Gasteiger partial charge in [-0.1, -0.05) is 25.8 Å². The highest BCUT2D eigenvalue weighted by atomic mass is 16.5. The van der Waals surface area contributed by atoms with E-state index in [1.807, 2.05) is 0 Å². The van der Waals surface area contributed by atoms with E-state index in [0.29, 0.717) is 5.95 Å². The van der Waals surface area contributed by atoms with Crippen LogP contribution in [0, 0.1) is 0 Å². The van der Waals surface area contributed by atoms with Crippen LogP contribution in [0.4, 0.5) is 17.8 Å². The quantitative estimate of drug-likeness (QED) is 0.365. The molecular formula is C11H20N6O. The summed E-state index contributed by atoms with van der Waals surface area (Å²) in [5.74, 6) is 0.554. The molecule has 0 saturated heterocycles. The van der Waals surface area contributed by atoms with Crippen LogP contribution in [0.2, 0.25) is 0 Å². The highest BCUT2D eigenvalue weighted by molar-refractivity contribution is 5.40. The Morgan fingerprint density at radius 3 is 2.83 bits per heavy atom. The van der Waals surface area contributed by atoms with Crippen molar-refractivity contribution in [3.63, 3.8) is 0 Å². The molecule has 7 nitrogen and oxygen atoms in total. The molecule has 0 spiro atoms. The molecule has 7 heteroatoms. The number of anilines is 3. The van der Waals surface area contributed by atoms with Gasteiger partial charge in [0.1, 0.15) is 0 Å². The van der Waals surface area contributed by atoms with Crippen LogP contribution in [0.1, 0.15) is 26.2 Å². The van der Waals surface area contributed by atoms with Gasteiger partial charge in [-0.25, -0.2) is 5.06 Å². The van der Waals surface area contributed by atoms with Crippen LogP contribution >= 0.6 is 0 Å². The molecule has 1 heterocycles. The van der Waals surface area contributed by atoms with Gasteiger partial charge >= 0.3 is 0 Å². The zero-order chi connectivity index (χ0) is 13.4. The van der Waals surface area contributed by atoms with Gasteiger partial charge in [0, 0.05) is 6.54 Å². The minimum Gasteiger partial charge on any atom is -0.368 e. The van der Waals surface area contributed by atoms with Gasteiger partial charge in [0.15, 0.2) is 0 Å². The van der Waals surface area contributed by atoms with E-state index in [0.717, 1.165) is 30.9 Å². The van der Waals surface area contributed by atoms with Gasteiger partial charge in [-0.05, 0) is 6.42 Å². The van der Waals surface area contributed by atoms with Crippen molar-refractivity contribution in [3.05, 3.63) is 12.7 Å². The van der Waals surface area contributed by atoms with Crippen LogP contribution in [0.25, 0.3) is 0 Å². The van der Waals surface area contributed by atoms with E-state index in [-0.39, 0.29) is 18.4 Å². The van der Waals surface area contributed by atoms with Crippen molar-refractivity contribution in [2.75, 3.05) is 29.2 Å². The van der Waals surface area contributed by atoms with E-state index >= 15 is 0 Å². The molecular weight excluding hydrogens is 232 g/mol. The molecule has 0 amide bonds.